The van der Waals surface area contributed by atoms with Crippen LogP contribution in [0, 0.1) is 5.92 Å². The van der Waals surface area contributed by atoms with Crippen LogP contribution in [0.3, 0.4) is 0 Å². The minimum Gasteiger partial charge on any atom is -0.361 e. The van der Waals surface area contributed by atoms with E-state index < -0.39 is 0 Å². The van der Waals surface area contributed by atoms with Gasteiger partial charge in [-0.1, -0.05) is 19.1 Å². The van der Waals surface area contributed by atoms with Crippen LogP contribution in [0.2, 0.25) is 0 Å². The smallest absolute Gasteiger partial charge is 0.0457 e. The standard InChI is InChI=1S/C17H25N3/c1-14(13-20-9-2-3-10-20)11-18-12-15-5-4-6-17-16(15)7-8-19-17/h4-8,14,18-19H,2-3,9-13H2,1H3. The highest BCUT2D eigenvalue weighted by molar-refractivity contribution is 5.82. The normalized spacial score (nSPS) is 17.9. The van der Waals surface area contributed by atoms with Crippen molar-refractivity contribution < 1.29 is 0 Å². The summed E-state index contributed by atoms with van der Waals surface area (Å²) in [4.78, 5) is 5.87. The Morgan fingerprint density at radius 1 is 1.25 bits per heavy atom. The molecule has 3 rings (SSSR count). The van der Waals surface area contributed by atoms with Crippen LogP contribution in [0.5, 0.6) is 0 Å². The van der Waals surface area contributed by atoms with Gasteiger partial charge in [0.1, 0.15) is 0 Å². The molecule has 1 atom stereocenters. The van der Waals surface area contributed by atoms with Gasteiger partial charge in [-0.05, 0) is 56.1 Å². The van der Waals surface area contributed by atoms with Gasteiger partial charge in [0.25, 0.3) is 0 Å². The van der Waals surface area contributed by atoms with Crippen molar-refractivity contribution in [3.05, 3.63) is 36.0 Å². The third-order valence-electron chi connectivity index (χ3n) is 4.26. The molecule has 1 aromatic carbocycles. The van der Waals surface area contributed by atoms with Gasteiger partial charge in [0.15, 0.2) is 0 Å². The number of hydrogen-bond donors (Lipinski definition) is 2. The van der Waals surface area contributed by atoms with E-state index in [-0.39, 0.29) is 0 Å². The molecule has 3 nitrogen and oxygen atoms in total. The number of rotatable bonds is 6. The van der Waals surface area contributed by atoms with E-state index in [1.165, 1.54) is 48.9 Å². The molecule has 108 valence electrons. The highest BCUT2D eigenvalue weighted by Crippen LogP contribution is 2.17. The predicted molar refractivity (Wildman–Crippen MR) is 84.8 cm³/mol. The molecule has 2 heterocycles. The zero-order valence-electron chi connectivity index (χ0n) is 12.4. The summed E-state index contributed by atoms with van der Waals surface area (Å²) < 4.78 is 0. The molecule has 1 aromatic heterocycles. The van der Waals surface area contributed by atoms with E-state index in [0.29, 0.717) is 0 Å². The fraction of sp³-hybridized carbons (Fsp3) is 0.529. The van der Waals surface area contributed by atoms with Crippen molar-refractivity contribution in [2.24, 2.45) is 5.92 Å². The van der Waals surface area contributed by atoms with E-state index in [4.69, 9.17) is 0 Å². The van der Waals surface area contributed by atoms with Gasteiger partial charge >= 0.3 is 0 Å². The Labute approximate surface area is 121 Å². The maximum Gasteiger partial charge on any atom is 0.0457 e. The van der Waals surface area contributed by atoms with Gasteiger partial charge in [0.2, 0.25) is 0 Å². The van der Waals surface area contributed by atoms with Gasteiger partial charge in [-0.2, -0.15) is 0 Å². The maximum atomic E-state index is 3.62. The summed E-state index contributed by atoms with van der Waals surface area (Å²) in [5.74, 6) is 0.721. The number of benzene rings is 1. The number of nitrogens with one attached hydrogen (secondary N) is 2. The SMILES string of the molecule is CC(CNCc1cccc2[nH]ccc12)CN1CCCC1. The Morgan fingerprint density at radius 2 is 2.10 bits per heavy atom. The Kier molecular flexibility index (Phi) is 4.38. The van der Waals surface area contributed by atoms with Gasteiger partial charge in [0, 0.05) is 30.2 Å². The number of aromatic amines is 1. The molecule has 1 unspecified atom stereocenters. The van der Waals surface area contributed by atoms with Crippen LogP contribution in [-0.4, -0.2) is 36.1 Å². The van der Waals surface area contributed by atoms with Crippen molar-refractivity contribution in [3.8, 4) is 0 Å². The number of H-pyrrole nitrogens is 1. The lowest BCUT2D eigenvalue weighted by atomic mass is 10.1. The summed E-state index contributed by atoms with van der Waals surface area (Å²) in [7, 11) is 0. The molecule has 3 heteroatoms. The molecular formula is C17H25N3. The zero-order chi connectivity index (χ0) is 13.8. The van der Waals surface area contributed by atoms with E-state index in [1.807, 2.05) is 6.20 Å². The first-order chi connectivity index (χ1) is 9.83. The summed E-state index contributed by atoms with van der Waals surface area (Å²) in [5.41, 5.74) is 2.62. The summed E-state index contributed by atoms with van der Waals surface area (Å²) in [6.45, 7) is 8.24. The number of likely N-dealkylation sites (tertiary alicyclic amines) is 1. The quantitative estimate of drug-likeness (QED) is 0.846. The van der Waals surface area contributed by atoms with Crippen LogP contribution >= 0.6 is 0 Å². The van der Waals surface area contributed by atoms with Crippen LogP contribution in [0.4, 0.5) is 0 Å². The Hall–Kier alpha value is -1.32. The van der Waals surface area contributed by atoms with Gasteiger partial charge in [-0.3, -0.25) is 0 Å². The minimum atomic E-state index is 0.721. The molecular weight excluding hydrogens is 246 g/mol. The fourth-order valence-corrected chi connectivity index (χ4v) is 3.23. The lowest BCUT2D eigenvalue weighted by molar-refractivity contribution is 0.282. The van der Waals surface area contributed by atoms with Crippen molar-refractivity contribution in [2.75, 3.05) is 26.2 Å². The molecule has 0 bridgehead atoms. The molecule has 0 radical (unpaired) electrons. The average Bonchev–Trinajstić information content (AvgIpc) is 3.09. The minimum absolute atomic E-state index is 0.721. The van der Waals surface area contributed by atoms with Gasteiger partial charge in [0.05, 0.1) is 0 Å². The first-order valence-corrected chi connectivity index (χ1v) is 7.81. The van der Waals surface area contributed by atoms with Crippen LogP contribution in [0.15, 0.2) is 30.5 Å². The monoisotopic (exact) mass is 271 g/mol. The Bertz CT molecular complexity index is 540. The maximum absolute atomic E-state index is 3.62. The summed E-state index contributed by atoms with van der Waals surface area (Å²) >= 11 is 0. The first kappa shape index (κ1) is 13.7. The van der Waals surface area contributed by atoms with Crippen LogP contribution in [0.25, 0.3) is 10.9 Å². The predicted octanol–water partition coefficient (Wildman–Crippen LogP) is 2.99. The molecule has 1 aliphatic heterocycles. The average molecular weight is 271 g/mol. The first-order valence-electron chi connectivity index (χ1n) is 7.81. The lowest BCUT2D eigenvalue weighted by Gasteiger charge is -2.20. The number of nitrogens with zero attached hydrogens (tertiary/aromatic N) is 1. The van der Waals surface area contributed by atoms with E-state index in [9.17, 15) is 0 Å². The second kappa shape index (κ2) is 6.42. The molecule has 1 saturated heterocycles. The van der Waals surface area contributed by atoms with Crippen LogP contribution in [-0.2, 0) is 6.54 Å². The summed E-state index contributed by atoms with van der Waals surface area (Å²) in [5, 5.41) is 4.96. The second-order valence-electron chi connectivity index (χ2n) is 6.10. The fourth-order valence-electron chi connectivity index (χ4n) is 3.23. The molecule has 20 heavy (non-hydrogen) atoms. The number of hydrogen-bond acceptors (Lipinski definition) is 2. The highest BCUT2D eigenvalue weighted by atomic mass is 15.1. The van der Waals surface area contributed by atoms with Crippen LogP contribution in [0.1, 0.15) is 25.3 Å². The second-order valence-corrected chi connectivity index (χ2v) is 6.10. The molecule has 1 aliphatic rings. The molecule has 0 aliphatic carbocycles. The zero-order valence-corrected chi connectivity index (χ0v) is 12.4. The van der Waals surface area contributed by atoms with E-state index in [1.54, 1.807) is 0 Å². The van der Waals surface area contributed by atoms with Crippen LogP contribution < -0.4 is 5.32 Å². The third-order valence-corrected chi connectivity index (χ3v) is 4.26. The van der Waals surface area contributed by atoms with Crippen molar-refractivity contribution in [2.45, 2.75) is 26.3 Å². The van der Waals surface area contributed by atoms with Crippen molar-refractivity contribution in [1.82, 2.24) is 15.2 Å². The molecule has 0 amide bonds. The van der Waals surface area contributed by atoms with Crippen molar-refractivity contribution >= 4 is 10.9 Å². The number of fused-ring (bicyclic) bond motifs is 1. The van der Waals surface area contributed by atoms with E-state index >= 15 is 0 Å². The lowest BCUT2D eigenvalue weighted by Crippen LogP contribution is -2.31. The highest BCUT2D eigenvalue weighted by Gasteiger charge is 2.14. The summed E-state index contributed by atoms with van der Waals surface area (Å²) in [6.07, 6.45) is 4.79. The van der Waals surface area contributed by atoms with Gasteiger partial charge in [-0.25, -0.2) is 0 Å². The van der Waals surface area contributed by atoms with Gasteiger partial charge < -0.3 is 15.2 Å². The van der Waals surface area contributed by atoms with Crippen molar-refractivity contribution in [1.29, 1.82) is 0 Å². The topological polar surface area (TPSA) is 31.1 Å². The molecule has 2 N–H and O–H groups in total. The summed E-state index contributed by atoms with van der Waals surface area (Å²) in [6, 6.07) is 8.65. The molecule has 0 saturated carbocycles. The largest absolute Gasteiger partial charge is 0.361 e. The van der Waals surface area contributed by atoms with E-state index in [2.05, 4.69) is 46.4 Å². The van der Waals surface area contributed by atoms with E-state index in [0.717, 1.165) is 19.0 Å². The molecule has 0 spiro atoms. The molecule has 1 fully saturated rings. The van der Waals surface area contributed by atoms with Crippen molar-refractivity contribution in [3.63, 3.8) is 0 Å². The Morgan fingerprint density at radius 3 is 2.95 bits per heavy atom. The third kappa shape index (κ3) is 3.22. The number of aromatic nitrogens is 1. The van der Waals surface area contributed by atoms with Gasteiger partial charge in [-0.15, -0.1) is 0 Å². The molecule has 2 aromatic rings. The Balaban J connectivity index is 1.48.